The Hall–Kier alpha value is -2.37. The van der Waals surface area contributed by atoms with E-state index in [9.17, 15) is 14.4 Å². The van der Waals surface area contributed by atoms with Gasteiger partial charge in [0, 0.05) is 34.3 Å². The van der Waals surface area contributed by atoms with Crippen LogP contribution in [0, 0.1) is 11.3 Å². The molecule has 0 heterocycles. The van der Waals surface area contributed by atoms with E-state index in [-0.39, 0.29) is 23.6 Å². The van der Waals surface area contributed by atoms with Crippen molar-refractivity contribution < 1.29 is 14.4 Å². The first-order chi connectivity index (χ1) is 12.2. The first kappa shape index (κ1) is 22.7. The van der Waals surface area contributed by atoms with Crippen LogP contribution in [0.5, 0.6) is 0 Å². The summed E-state index contributed by atoms with van der Waals surface area (Å²) in [7, 11) is 0. The van der Waals surface area contributed by atoms with E-state index in [0.717, 1.165) is 0 Å². The second-order valence-electron chi connectivity index (χ2n) is 9.35. The normalized spacial score (nSPS) is 11.9. The van der Waals surface area contributed by atoms with Gasteiger partial charge in [-0.25, -0.2) is 0 Å². The number of amides is 3. The van der Waals surface area contributed by atoms with Crippen LogP contribution in [0.1, 0.15) is 72.2 Å². The molecule has 0 radical (unpaired) electrons. The molecule has 1 rings (SSSR count). The van der Waals surface area contributed by atoms with Crippen LogP contribution in [0.2, 0.25) is 0 Å². The van der Waals surface area contributed by atoms with E-state index in [4.69, 9.17) is 0 Å². The summed E-state index contributed by atoms with van der Waals surface area (Å²) in [5, 5.41) is 8.53. The van der Waals surface area contributed by atoms with Crippen molar-refractivity contribution in [2.45, 2.75) is 67.3 Å². The zero-order chi connectivity index (χ0) is 21.0. The smallest absolute Gasteiger partial charge is 0.251 e. The van der Waals surface area contributed by atoms with Gasteiger partial charge in [-0.3, -0.25) is 14.4 Å². The number of hydrogen-bond acceptors (Lipinski definition) is 3. The number of rotatable bonds is 5. The maximum absolute atomic E-state index is 12.6. The predicted molar refractivity (Wildman–Crippen MR) is 110 cm³/mol. The van der Waals surface area contributed by atoms with Crippen molar-refractivity contribution in [3.05, 3.63) is 23.8 Å². The van der Waals surface area contributed by atoms with Gasteiger partial charge in [0.25, 0.3) is 5.91 Å². The monoisotopic (exact) mass is 375 g/mol. The molecule has 1 aromatic carbocycles. The summed E-state index contributed by atoms with van der Waals surface area (Å²) >= 11 is 0. The fourth-order valence-electron chi connectivity index (χ4n) is 2.22. The highest BCUT2D eigenvalue weighted by atomic mass is 16.2. The molecule has 0 aliphatic heterocycles. The lowest BCUT2D eigenvalue weighted by Gasteiger charge is -2.22. The van der Waals surface area contributed by atoms with Gasteiger partial charge in [0.2, 0.25) is 11.8 Å². The molecule has 6 heteroatoms. The van der Waals surface area contributed by atoms with Crippen molar-refractivity contribution in [2.75, 3.05) is 10.6 Å². The van der Waals surface area contributed by atoms with E-state index in [1.807, 2.05) is 55.4 Å². The summed E-state index contributed by atoms with van der Waals surface area (Å²) in [4.78, 5) is 37.0. The standard InChI is InChI=1S/C21H33N3O3/c1-13(2)9-17(25)22-15-10-14(18(26)24-21(6,7)8)11-16(12-15)23-19(27)20(3,4)5/h10-13H,9H2,1-8H3,(H,22,25)(H,23,27)(H,24,26). The lowest BCUT2D eigenvalue weighted by atomic mass is 9.95. The van der Waals surface area contributed by atoms with Gasteiger partial charge >= 0.3 is 0 Å². The molecule has 6 nitrogen and oxygen atoms in total. The Morgan fingerprint density at radius 3 is 1.85 bits per heavy atom. The number of benzene rings is 1. The Morgan fingerprint density at radius 1 is 0.889 bits per heavy atom. The van der Waals surface area contributed by atoms with Crippen molar-refractivity contribution in [2.24, 2.45) is 11.3 Å². The average molecular weight is 376 g/mol. The molecule has 0 fully saturated rings. The van der Waals surface area contributed by atoms with E-state index in [1.165, 1.54) is 0 Å². The summed E-state index contributed by atoms with van der Waals surface area (Å²) in [5.74, 6) is -0.354. The number of anilines is 2. The van der Waals surface area contributed by atoms with Crippen LogP contribution in [0.15, 0.2) is 18.2 Å². The van der Waals surface area contributed by atoms with Crippen LogP contribution in [-0.2, 0) is 9.59 Å². The molecule has 150 valence electrons. The molecule has 0 unspecified atom stereocenters. The maximum atomic E-state index is 12.6. The molecule has 3 amide bonds. The van der Waals surface area contributed by atoms with E-state index in [1.54, 1.807) is 18.2 Å². The van der Waals surface area contributed by atoms with Crippen LogP contribution in [0.25, 0.3) is 0 Å². The van der Waals surface area contributed by atoms with Gasteiger partial charge < -0.3 is 16.0 Å². The minimum atomic E-state index is -0.579. The Morgan fingerprint density at radius 2 is 1.41 bits per heavy atom. The van der Waals surface area contributed by atoms with Gasteiger partial charge in [-0.15, -0.1) is 0 Å². The largest absolute Gasteiger partial charge is 0.347 e. The third-order valence-corrected chi connectivity index (χ3v) is 3.50. The number of carbonyl (C=O) groups excluding carboxylic acids is 3. The van der Waals surface area contributed by atoms with Gasteiger partial charge in [0.15, 0.2) is 0 Å². The molecule has 0 saturated carbocycles. The van der Waals surface area contributed by atoms with Crippen molar-refractivity contribution in [1.29, 1.82) is 0 Å². The topological polar surface area (TPSA) is 87.3 Å². The summed E-state index contributed by atoms with van der Waals surface area (Å²) in [5.41, 5.74) is 0.340. The molecular formula is C21H33N3O3. The number of hydrogen-bond donors (Lipinski definition) is 3. The predicted octanol–water partition coefficient (Wildman–Crippen LogP) is 4.18. The molecule has 0 spiro atoms. The van der Waals surface area contributed by atoms with Crippen LogP contribution >= 0.6 is 0 Å². The lowest BCUT2D eigenvalue weighted by Crippen LogP contribution is -2.40. The third kappa shape index (κ3) is 8.24. The molecular weight excluding hydrogens is 342 g/mol. The minimum Gasteiger partial charge on any atom is -0.347 e. The van der Waals surface area contributed by atoms with Gasteiger partial charge in [0.1, 0.15) is 0 Å². The quantitative estimate of drug-likeness (QED) is 0.721. The van der Waals surface area contributed by atoms with E-state index >= 15 is 0 Å². The van der Waals surface area contributed by atoms with Crippen LogP contribution in [0.3, 0.4) is 0 Å². The van der Waals surface area contributed by atoms with Gasteiger partial charge in [0.05, 0.1) is 0 Å². The van der Waals surface area contributed by atoms with Crippen LogP contribution < -0.4 is 16.0 Å². The molecule has 0 aliphatic rings. The summed E-state index contributed by atoms with van der Waals surface area (Å²) in [6.07, 6.45) is 0.377. The highest BCUT2D eigenvalue weighted by Crippen LogP contribution is 2.23. The molecule has 0 saturated heterocycles. The zero-order valence-corrected chi connectivity index (χ0v) is 17.7. The van der Waals surface area contributed by atoms with Gasteiger partial charge in [-0.1, -0.05) is 34.6 Å². The summed E-state index contributed by atoms with van der Waals surface area (Å²) in [6, 6.07) is 4.89. The molecule has 0 bridgehead atoms. The van der Waals surface area contributed by atoms with Gasteiger partial charge in [-0.05, 0) is 44.9 Å². The van der Waals surface area contributed by atoms with Crippen molar-refractivity contribution >= 4 is 29.1 Å². The number of carbonyl (C=O) groups is 3. The zero-order valence-electron chi connectivity index (χ0n) is 17.7. The lowest BCUT2D eigenvalue weighted by molar-refractivity contribution is -0.123. The van der Waals surface area contributed by atoms with E-state index in [2.05, 4.69) is 16.0 Å². The molecule has 0 aromatic heterocycles. The maximum Gasteiger partial charge on any atom is 0.251 e. The van der Waals surface area contributed by atoms with Crippen molar-refractivity contribution in [1.82, 2.24) is 5.32 Å². The second-order valence-corrected chi connectivity index (χ2v) is 9.35. The van der Waals surface area contributed by atoms with Crippen molar-refractivity contribution in [3.63, 3.8) is 0 Å². The van der Waals surface area contributed by atoms with Gasteiger partial charge in [-0.2, -0.15) is 0 Å². The van der Waals surface area contributed by atoms with Crippen LogP contribution in [0.4, 0.5) is 11.4 Å². The Kier molecular flexibility index (Phi) is 7.18. The number of nitrogens with one attached hydrogen (secondary N) is 3. The molecule has 1 aromatic rings. The Labute approximate surface area is 162 Å². The van der Waals surface area contributed by atoms with E-state index < -0.39 is 11.0 Å². The van der Waals surface area contributed by atoms with Crippen LogP contribution in [-0.4, -0.2) is 23.3 Å². The van der Waals surface area contributed by atoms with E-state index in [0.29, 0.717) is 23.4 Å². The fraction of sp³-hybridized carbons (Fsp3) is 0.571. The second kappa shape index (κ2) is 8.55. The Balaban J connectivity index is 3.19. The summed E-state index contributed by atoms with van der Waals surface area (Å²) in [6.45, 7) is 15.0. The van der Waals surface area contributed by atoms with Crippen molar-refractivity contribution in [3.8, 4) is 0 Å². The summed E-state index contributed by atoms with van der Waals surface area (Å²) < 4.78 is 0. The first-order valence-electron chi connectivity index (χ1n) is 9.26. The Bertz CT molecular complexity index is 710. The first-order valence-corrected chi connectivity index (χ1v) is 9.26. The molecule has 0 atom stereocenters. The third-order valence-electron chi connectivity index (χ3n) is 3.50. The molecule has 27 heavy (non-hydrogen) atoms. The SMILES string of the molecule is CC(C)CC(=O)Nc1cc(NC(=O)C(C)(C)C)cc(C(=O)NC(C)(C)C)c1. The molecule has 3 N–H and O–H groups in total. The minimum absolute atomic E-state index is 0.133. The highest BCUT2D eigenvalue weighted by Gasteiger charge is 2.22. The molecule has 0 aliphatic carbocycles. The highest BCUT2D eigenvalue weighted by molar-refractivity contribution is 6.01. The average Bonchev–Trinajstić information content (AvgIpc) is 2.42. The fourth-order valence-corrected chi connectivity index (χ4v) is 2.22.